The summed E-state index contributed by atoms with van der Waals surface area (Å²) >= 11 is 0. The van der Waals surface area contributed by atoms with Crippen molar-refractivity contribution in [2.45, 2.75) is 96.6 Å². The first-order valence-electron chi connectivity index (χ1n) is 13.6. The minimum Gasteiger partial charge on any atom is -0.466 e. The van der Waals surface area contributed by atoms with Gasteiger partial charge < -0.3 is 20.1 Å². The molecule has 5 atom stereocenters. The van der Waals surface area contributed by atoms with Crippen LogP contribution in [-0.4, -0.2) is 59.6 Å². The highest BCUT2D eigenvalue weighted by molar-refractivity contribution is 5.96. The van der Waals surface area contributed by atoms with Gasteiger partial charge in [-0.15, -0.1) is 0 Å². The Labute approximate surface area is 204 Å². The molecule has 0 unspecified atom stereocenters. The van der Waals surface area contributed by atoms with Gasteiger partial charge in [0.25, 0.3) is 0 Å². The van der Waals surface area contributed by atoms with Gasteiger partial charge in [-0.3, -0.25) is 14.4 Å². The number of amides is 2. The number of nitrogens with zero attached hydrogens (tertiary/aromatic N) is 1. The van der Waals surface area contributed by atoms with Crippen molar-refractivity contribution in [1.29, 1.82) is 0 Å². The van der Waals surface area contributed by atoms with Gasteiger partial charge in [0.2, 0.25) is 11.8 Å². The van der Waals surface area contributed by atoms with Crippen LogP contribution in [0.4, 0.5) is 0 Å². The SMILES string of the molecule is CCC[C@@H]1C=C[C@H]2[C@@H](C(=O)N(CCCCCCO)[C@@H]2C(=O)NC2CCCCC2)[C@@H]1C(=O)OCC. The number of carbonyl (C=O) groups is 3. The van der Waals surface area contributed by atoms with Gasteiger partial charge >= 0.3 is 5.97 Å². The highest BCUT2D eigenvalue weighted by Gasteiger charge is 2.57. The topological polar surface area (TPSA) is 95.9 Å². The quantitative estimate of drug-likeness (QED) is 0.255. The van der Waals surface area contributed by atoms with Gasteiger partial charge in [-0.1, -0.05) is 57.6 Å². The van der Waals surface area contributed by atoms with E-state index < -0.39 is 17.9 Å². The van der Waals surface area contributed by atoms with Crippen LogP contribution in [0.3, 0.4) is 0 Å². The summed E-state index contributed by atoms with van der Waals surface area (Å²) in [6.07, 6.45) is 14.6. The van der Waals surface area contributed by atoms with Crippen molar-refractivity contribution in [3.8, 4) is 0 Å². The molecule has 192 valence electrons. The first-order chi connectivity index (χ1) is 16.5. The zero-order chi connectivity index (χ0) is 24.5. The number of aliphatic hydroxyl groups is 1. The zero-order valence-corrected chi connectivity index (χ0v) is 21.0. The van der Waals surface area contributed by atoms with Crippen molar-refractivity contribution < 1.29 is 24.2 Å². The summed E-state index contributed by atoms with van der Waals surface area (Å²) in [5, 5.41) is 12.3. The Morgan fingerprint density at radius 2 is 1.82 bits per heavy atom. The fourth-order valence-electron chi connectivity index (χ4n) is 6.19. The lowest BCUT2D eigenvalue weighted by Crippen LogP contribution is -2.50. The fourth-order valence-corrected chi connectivity index (χ4v) is 6.19. The maximum Gasteiger partial charge on any atom is 0.310 e. The molecular weight excluding hydrogens is 432 g/mol. The molecule has 1 saturated carbocycles. The zero-order valence-electron chi connectivity index (χ0n) is 21.0. The second kappa shape index (κ2) is 13.3. The maximum absolute atomic E-state index is 13.8. The van der Waals surface area contributed by atoms with E-state index in [4.69, 9.17) is 9.84 Å². The number of nitrogens with one attached hydrogen (secondary N) is 1. The van der Waals surface area contributed by atoms with E-state index in [1.165, 1.54) is 6.42 Å². The summed E-state index contributed by atoms with van der Waals surface area (Å²) in [4.78, 5) is 42.2. The molecule has 7 nitrogen and oxygen atoms in total. The lowest BCUT2D eigenvalue weighted by molar-refractivity contribution is -0.155. The normalized spacial score (nSPS) is 29.2. The van der Waals surface area contributed by atoms with E-state index in [-0.39, 0.29) is 48.9 Å². The van der Waals surface area contributed by atoms with Crippen LogP contribution in [0.2, 0.25) is 0 Å². The number of ether oxygens (including phenoxy) is 1. The molecule has 3 aliphatic rings. The van der Waals surface area contributed by atoms with Crippen LogP contribution >= 0.6 is 0 Å². The number of fused-ring (bicyclic) bond motifs is 1. The molecule has 2 aliphatic carbocycles. The van der Waals surface area contributed by atoms with Crippen molar-refractivity contribution in [2.75, 3.05) is 19.8 Å². The number of carbonyl (C=O) groups excluding carboxylic acids is 3. The van der Waals surface area contributed by atoms with Gasteiger partial charge in [-0.25, -0.2) is 0 Å². The smallest absolute Gasteiger partial charge is 0.310 e. The Bertz CT molecular complexity index is 718. The average Bonchev–Trinajstić information content (AvgIpc) is 3.11. The van der Waals surface area contributed by atoms with Crippen LogP contribution in [0.15, 0.2) is 12.2 Å². The lowest BCUT2D eigenvalue weighted by Gasteiger charge is -2.34. The molecule has 1 heterocycles. The molecule has 0 aromatic heterocycles. The highest BCUT2D eigenvalue weighted by atomic mass is 16.5. The molecule has 34 heavy (non-hydrogen) atoms. The van der Waals surface area contributed by atoms with Gasteiger partial charge in [0.1, 0.15) is 6.04 Å². The molecule has 0 aromatic rings. The van der Waals surface area contributed by atoms with Gasteiger partial charge in [0, 0.05) is 25.1 Å². The van der Waals surface area contributed by atoms with E-state index >= 15 is 0 Å². The molecule has 2 N–H and O–H groups in total. The number of rotatable bonds is 12. The molecule has 1 aliphatic heterocycles. The van der Waals surface area contributed by atoms with E-state index in [1.807, 2.05) is 6.08 Å². The van der Waals surface area contributed by atoms with Crippen LogP contribution in [0, 0.1) is 23.7 Å². The number of aliphatic hydroxyl groups excluding tert-OH is 1. The van der Waals surface area contributed by atoms with Crippen molar-refractivity contribution in [3.05, 3.63) is 12.2 Å². The van der Waals surface area contributed by atoms with Crippen LogP contribution in [0.5, 0.6) is 0 Å². The predicted molar refractivity (Wildman–Crippen MR) is 131 cm³/mol. The van der Waals surface area contributed by atoms with Crippen LogP contribution in [-0.2, 0) is 19.1 Å². The minimum absolute atomic E-state index is 0.0409. The molecule has 7 heteroatoms. The minimum atomic E-state index is -0.576. The van der Waals surface area contributed by atoms with E-state index in [0.717, 1.165) is 64.2 Å². The molecule has 0 aromatic carbocycles. The number of likely N-dealkylation sites (tertiary alicyclic amines) is 1. The van der Waals surface area contributed by atoms with E-state index in [0.29, 0.717) is 6.54 Å². The summed E-state index contributed by atoms with van der Waals surface area (Å²) in [5.74, 6) is -1.91. The van der Waals surface area contributed by atoms with Crippen molar-refractivity contribution in [2.24, 2.45) is 23.7 Å². The summed E-state index contributed by atoms with van der Waals surface area (Å²) in [6.45, 7) is 4.83. The second-order valence-electron chi connectivity index (χ2n) is 10.2. The Balaban J connectivity index is 1.85. The van der Waals surface area contributed by atoms with E-state index in [1.54, 1.807) is 11.8 Å². The number of hydrogen-bond donors (Lipinski definition) is 2. The molecule has 0 radical (unpaired) electrons. The van der Waals surface area contributed by atoms with Crippen molar-refractivity contribution in [3.63, 3.8) is 0 Å². The third-order valence-electron chi connectivity index (χ3n) is 7.82. The second-order valence-corrected chi connectivity index (χ2v) is 10.2. The van der Waals surface area contributed by atoms with E-state index in [2.05, 4.69) is 18.3 Å². The van der Waals surface area contributed by atoms with E-state index in [9.17, 15) is 14.4 Å². The van der Waals surface area contributed by atoms with Crippen molar-refractivity contribution >= 4 is 17.8 Å². The van der Waals surface area contributed by atoms with Gasteiger partial charge in [0.05, 0.1) is 18.4 Å². The monoisotopic (exact) mass is 476 g/mol. The molecule has 0 bridgehead atoms. The Kier molecular flexibility index (Phi) is 10.4. The first kappa shape index (κ1) is 26.7. The molecular formula is C27H44N2O5. The predicted octanol–water partition coefficient (Wildman–Crippen LogP) is 3.60. The standard InChI is InChI=1S/C27H44N2O5/c1-3-12-19-15-16-21-23(22(19)27(33)34-4-2)26(32)29(17-10-5-6-11-18-30)24(21)25(31)28-20-13-8-7-9-14-20/h15-16,19-24,30H,3-14,17-18H2,1-2H3,(H,28,31)/t19-,21+,22-,23-,24+/m1/s1. The van der Waals surface area contributed by atoms with Crippen LogP contribution in [0.1, 0.15) is 84.5 Å². The molecule has 3 rings (SSSR count). The summed E-state index contributed by atoms with van der Waals surface area (Å²) < 4.78 is 5.42. The first-order valence-corrected chi connectivity index (χ1v) is 13.6. The summed E-state index contributed by atoms with van der Waals surface area (Å²) in [7, 11) is 0. The average molecular weight is 477 g/mol. The largest absolute Gasteiger partial charge is 0.466 e. The number of unbranched alkanes of at least 4 members (excludes halogenated alkanes) is 3. The molecule has 2 amide bonds. The Hall–Kier alpha value is -1.89. The van der Waals surface area contributed by atoms with Crippen molar-refractivity contribution in [1.82, 2.24) is 10.2 Å². The van der Waals surface area contributed by atoms with Crippen LogP contribution in [0.25, 0.3) is 0 Å². The molecule has 1 saturated heterocycles. The van der Waals surface area contributed by atoms with Gasteiger partial charge in [0.15, 0.2) is 0 Å². The number of esters is 1. The van der Waals surface area contributed by atoms with Crippen LogP contribution < -0.4 is 5.32 Å². The summed E-state index contributed by atoms with van der Waals surface area (Å²) in [5.41, 5.74) is 0. The third-order valence-corrected chi connectivity index (χ3v) is 7.82. The molecule has 2 fully saturated rings. The molecule has 0 spiro atoms. The van der Waals surface area contributed by atoms with Gasteiger partial charge in [-0.2, -0.15) is 0 Å². The number of allylic oxidation sites excluding steroid dienone is 1. The Morgan fingerprint density at radius 3 is 2.50 bits per heavy atom. The third kappa shape index (κ3) is 6.21. The Morgan fingerprint density at radius 1 is 1.09 bits per heavy atom. The lowest BCUT2D eigenvalue weighted by atomic mass is 9.68. The van der Waals surface area contributed by atoms with Gasteiger partial charge in [-0.05, 0) is 44.9 Å². The fraction of sp³-hybridized carbons (Fsp3) is 0.815. The maximum atomic E-state index is 13.8. The number of hydrogen-bond acceptors (Lipinski definition) is 5. The highest BCUT2D eigenvalue weighted by Crippen LogP contribution is 2.45. The summed E-state index contributed by atoms with van der Waals surface area (Å²) in [6, 6.07) is -0.406.